The number of benzene rings is 1. The maximum Gasteiger partial charge on any atom is 0.234 e. The molecule has 7 heteroatoms. The van der Waals surface area contributed by atoms with E-state index in [0.717, 1.165) is 11.4 Å². The summed E-state index contributed by atoms with van der Waals surface area (Å²) in [5, 5.41) is 0.123. The molecule has 0 aliphatic carbocycles. The molecule has 2 aromatic rings. The molecule has 148 valence electrons. The van der Waals surface area contributed by atoms with Gasteiger partial charge in [-0.15, -0.1) is 0 Å². The largest absolute Gasteiger partial charge is 0.416 e. The number of imidazole rings is 1. The molecule has 3 N–H and O–H groups in total. The van der Waals surface area contributed by atoms with Crippen LogP contribution in [0, 0.1) is 5.92 Å². The van der Waals surface area contributed by atoms with Gasteiger partial charge in [0.05, 0.1) is 0 Å². The highest BCUT2D eigenvalue weighted by molar-refractivity contribution is 6.74. The Morgan fingerprint density at radius 3 is 2.56 bits per heavy atom. The van der Waals surface area contributed by atoms with Crippen molar-refractivity contribution in [2.45, 2.75) is 51.9 Å². The maximum absolute atomic E-state index is 11.9. The zero-order chi connectivity index (χ0) is 20.1. The van der Waals surface area contributed by atoms with Gasteiger partial charge in [0.1, 0.15) is 5.82 Å². The number of carbonyl (C=O) groups excluding carboxylic acids is 1. The van der Waals surface area contributed by atoms with E-state index < -0.39 is 8.32 Å². The Labute approximate surface area is 163 Å². The molecule has 0 saturated heterocycles. The first-order valence-corrected chi connectivity index (χ1v) is 12.2. The minimum Gasteiger partial charge on any atom is -0.416 e. The second-order valence-corrected chi connectivity index (χ2v) is 13.3. The maximum atomic E-state index is 11.9. The van der Waals surface area contributed by atoms with Crippen LogP contribution in [0.15, 0.2) is 42.7 Å². The number of hydrogen-bond acceptors (Lipinski definition) is 4. The zero-order valence-corrected chi connectivity index (χ0v) is 18.0. The molecule has 1 unspecified atom stereocenters. The van der Waals surface area contributed by atoms with Gasteiger partial charge in [-0.1, -0.05) is 51.1 Å². The van der Waals surface area contributed by atoms with Gasteiger partial charge in [-0.05, 0) is 18.1 Å². The van der Waals surface area contributed by atoms with Gasteiger partial charge in [0.2, 0.25) is 5.91 Å². The van der Waals surface area contributed by atoms with Crippen molar-refractivity contribution in [2.24, 2.45) is 11.8 Å². The third-order valence-corrected chi connectivity index (χ3v) is 9.82. The summed E-state index contributed by atoms with van der Waals surface area (Å²) in [6.45, 7) is 12.3. The molecule has 0 bridgehead atoms. The molecule has 1 atom stereocenters. The second kappa shape index (κ2) is 8.82. The third kappa shape index (κ3) is 5.75. The van der Waals surface area contributed by atoms with Gasteiger partial charge >= 0.3 is 0 Å². The summed E-state index contributed by atoms with van der Waals surface area (Å²) < 4.78 is 8.46. The van der Waals surface area contributed by atoms with Gasteiger partial charge < -0.3 is 8.99 Å². The average Bonchev–Trinajstić information content (AvgIpc) is 3.07. The van der Waals surface area contributed by atoms with Crippen molar-refractivity contribution >= 4 is 14.2 Å². The van der Waals surface area contributed by atoms with Crippen LogP contribution in [-0.2, 0) is 15.8 Å². The smallest absolute Gasteiger partial charge is 0.234 e. The van der Waals surface area contributed by atoms with Crippen LogP contribution in [0.5, 0.6) is 0 Å². The van der Waals surface area contributed by atoms with Crippen molar-refractivity contribution in [3.05, 3.63) is 42.7 Å². The van der Waals surface area contributed by atoms with Gasteiger partial charge in [-0.2, -0.15) is 0 Å². The van der Waals surface area contributed by atoms with E-state index in [1.54, 1.807) is 6.20 Å². The Hall–Kier alpha value is -1.96. The Morgan fingerprint density at radius 2 is 1.96 bits per heavy atom. The summed E-state index contributed by atoms with van der Waals surface area (Å²) >= 11 is 0. The van der Waals surface area contributed by atoms with Crippen molar-refractivity contribution in [1.82, 2.24) is 15.0 Å². The number of rotatable bonds is 8. The number of hydrogen-bond donors (Lipinski definition) is 2. The van der Waals surface area contributed by atoms with Crippen LogP contribution in [-0.4, -0.2) is 30.4 Å². The molecule has 1 aromatic carbocycles. The summed E-state index contributed by atoms with van der Waals surface area (Å²) in [5.41, 5.74) is 3.29. The van der Waals surface area contributed by atoms with E-state index in [2.05, 4.69) is 48.8 Å². The Kier molecular flexibility index (Phi) is 6.97. The minimum absolute atomic E-state index is 0.0133. The standard InChI is InChI=1S/C20H32N4O2Si/c1-20(2,3)27(4,5)26-15-16(13-18(25)23-21)14-24-12-11-22-19(24)17-9-7-6-8-10-17/h6-12,16H,13-15,21H2,1-5H3,(H,23,25). The van der Waals surface area contributed by atoms with E-state index in [0.29, 0.717) is 19.6 Å². The number of amides is 1. The third-order valence-electron chi connectivity index (χ3n) is 5.32. The summed E-state index contributed by atoms with van der Waals surface area (Å²) in [5.74, 6) is 6.04. The molecule has 2 rings (SSSR count). The number of nitrogens with zero attached hydrogens (tertiary/aromatic N) is 2. The summed E-state index contributed by atoms with van der Waals surface area (Å²) in [6.07, 6.45) is 4.05. The predicted octanol–water partition coefficient (Wildman–Crippen LogP) is 3.57. The average molecular weight is 389 g/mol. The first kappa shape index (κ1) is 21.3. The zero-order valence-electron chi connectivity index (χ0n) is 17.0. The van der Waals surface area contributed by atoms with E-state index in [9.17, 15) is 4.79 Å². The van der Waals surface area contributed by atoms with E-state index >= 15 is 0 Å². The number of hydrazine groups is 1. The van der Waals surface area contributed by atoms with Crippen LogP contribution in [0.2, 0.25) is 18.1 Å². The molecule has 1 amide bonds. The van der Waals surface area contributed by atoms with Gasteiger partial charge in [0.25, 0.3) is 0 Å². The lowest BCUT2D eigenvalue weighted by atomic mass is 10.1. The van der Waals surface area contributed by atoms with E-state index in [1.165, 1.54) is 0 Å². The highest BCUT2D eigenvalue weighted by Gasteiger charge is 2.37. The molecular formula is C20H32N4O2Si. The summed E-state index contributed by atoms with van der Waals surface area (Å²) in [6, 6.07) is 10.0. The number of carbonyl (C=O) groups is 1. The van der Waals surface area contributed by atoms with Crippen molar-refractivity contribution in [3.8, 4) is 11.4 Å². The summed E-state index contributed by atoms with van der Waals surface area (Å²) in [4.78, 5) is 16.4. The van der Waals surface area contributed by atoms with Crippen molar-refractivity contribution in [1.29, 1.82) is 0 Å². The molecule has 1 heterocycles. The van der Waals surface area contributed by atoms with E-state index in [1.807, 2.05) is 36.5 Å². The fourth-order valence-corrected chi connectivity index (χ4v) is 3.71. The molecule has 0 aliphatic heterocycles. The van der Waals surface area contributed by atoms with Crippen LogP contribution >= 0.6 is 0 Å². The first-order chi connectivity index (χ1) is 12.6. The first-order valence-electron chi connectivity index (χ1n) is 9.34. The molecule has 0 fully saturated rings. The lowest BCUT2D eigenvalue weighted by Crippen LogP contribution is -2.43. The number of nitrogens with one attached hydrogen (secondary N) is 1. The van der Waals surface area contributed by atoms with Crippen LogP contribution in [0.4, 0.5) is 0 Å². The molecule has 0 spiro atoms. The highest BCUT2D eigenvalue weighted by atomic mass is 28.4. The quantitative estimate of drug-likeness (QED) is 0.313. The molecule has 0 aliphatic rings. The number of nitrogens with two attached hydrogens (primary N) is 1. The van der Waals surface area contributed by atoms with Crippen LogP contribution < -0.4 is 11.3 Å². The van der Waals surface area contributed by atoms with Crippen LogP contribution in [0.3, 0.4) is 0 Å². The molecule has 0 saturated carbocycles. The van der Waals surface area contributed by atoms with Crippen molar-refractivity contribution in [3.63, 3.8) is 0 Å². The van der Waals surface area contributed by atoms with Gasteiger partial charge in [-0.25, -0.2) is 10.8 Å². The molecule has 1 aromatic heterocycles. The van der Waals surface area contributed by atoms with Crippen molar-refractivity contribution in [2.75, 3.05) is 6.61 Å². The molecule has 0 radical (unpaired) electrons. The highest BCUT2D eigenvalue weighted by Crippen LogP contribution is 2.37. The number of aromatic nitrogens is 2. The minimum atomic E-state index is -1.90. The van der Waals surface area contributed by atoms with Crippen LogP contribution in [0.25, 0.3) is 11.4 Å². The Balaban J connectivity index is 2.16. The molecular weight excluding hydrogens is 356 g/mol. The Morgan fingerprint density at radius 1 is 1.30 bits per heavy atom. The van der Waals surface area contributed by atoms with E-state index in [-0.39, 0.29) is 16.9 Å². The molecule has 27 heavy (non-hydrogen) atoms. The summed E-state index contributed by atoms with van der Waals surface area (Å²) in [7, 11) is -1.90. The SMILES string of the molecule is CC(C)(C)[Si](C)(C)OCC(CC(=O)NN)Cn1ccnc1-c1ccccc1. The lowest BCUT2D eigenvalue weighted by molar-refractivity contribution is -0.122. The Bertz CT molecular complexity index is 738. The molecule has 6 nitrogen and oxygen atoms in total. The van der Waals surface area contributed by atoms with Gasteiger partial charge in [-0.3, -0.25) is 10.2 Å². The van der Waals surface area contributed by atoms with Crippen molar-refractivity contribution < 1.29 is 9.22 Å². The normalized spacial score (nSPS) is 13.4. The second-order valence-electron chi connectivity index (χ2n) is 8.48. The fraction of sp³-hybridized carbons (Fsp3) is 0.500. The fourth-order valence-electron chi connectivity index (χ4n) is 2.62. The van der Waals surface area contributed by atoms with Crippen LogP contribution in [0.1, 0.15) is 27.2 Å². The van der Waals surface area contributed by atoms with Gasteiger partial charge in [0.15, 0.2) is 8.32 Å². The topological polar surface area (TPSA) is 82.2 Å². The van der Waals surface area contributed by atoms with E-state index in [4.69, 9.17) is 10.3 Å². The monoisotopic (exact) mass is 388 g/mol. The van der Waals surface area contributed by atoms with Gasteiger partial charge in [0, 0.05) is 43.4 Å². The predicted molar refractivity (Wildman–Crippen MR) is 111 cm³/mol. The lowest BCUT2D eigenvalue weighted by Gasteiger charge is -2.37.